The average Bonchev–Trinajstić information content (AvgIpc) is 2.38. The normalized spacial score (nSPS) is 21.1. The first-order chi connectivity index (χ1) is 9.37. The quantitative estimate of drug-likeness (QED) is 0.917. The van der Waals surface area contributed by atoms with Crippen LogP contribution in [0.4, 0.5) is 0 Å². The van der Waals surface area contributed by atoms with E-state index in [1.54, 1.807) is 0 Å². The van der Waals surface area contributed by atoms with Gasteiger partial charge in [-0.1, -0.05) is 37.6 Å². The molecule has 0 amide bonds. The van der Waals surface area contributed by atoms with Crippen LogP contribution in [0.15, 0.2) is 24.3 Å². The summed E-state index contributed by atoms with van der Waals surface area (Å²) >= 11 is 5.96. The van der Waals surface area contributed by atoms with Crippen LogP contribution in [0.3, 0.4) is 0 Å². The zero-order valence-corrected chi connectivity index (χ0v) is 13.4. The maximum absolute atomic E-state index is 5.96. The average molecular weight is 298 g/mol. The molecular formula is C16H24ClNO2. The molecule has 1 saturated heterocycles. The highest BCUT2D eigenvalue weighted by Crippen LogP contribution is 2.25. The Balaban J connectivity index is 2.02. The van der Waals surface area contributed by atoms with Crippen molar-refractivity contribution >= 4 is 11.6 Å². The minimum atomic E-state index is -0.466. The molecule has 1 atom stereocenters. The Morgan fingerprint density at radius 2 is 1.70 bits per heavy atom. The summed E-state index contributed by atoms with van der Waals surface area (Å²) in [6.07, 6.45) is 0. The van der Waals surface area contributed by atoms with Gasteiger partial charge in [-0.05, 0) is 37.5 Å². The van der Waals surface area contributed by atoms with Crippen LogP contribution in [-0.4, -0.2) is 25.0 Å². The molecule has 0 saturated carbocycles. The first-order valence-electron chi connectivity index (χ1n) is 7.17. The lowest BCUT2D eigenvalue weighted by Crippen LogP contribution is -2.50. The molecule has 3 nitrogen and oxygen atoms in total. The number of benzene rings is 1. The fraction of sp³-hybridized carbons (Fsp3) is 0.625. The molecule has 0 spiro atoms. The lowest BCUT2D eigenvalue weighted by molar-refractivity contribution is -0.253. The van der Waals surface area contributed by atoms with Crippen molar-refractivity contribution in [3.63, 3.8) is 0 Å². The third-order valence-corrected chi connectivity index (χ3v) is 3.83. The predicted octanol–water partition coefficient (Wildman–Crippen LogP) is 3.78. The Morgan fingerprint density at radius 3 is 2.20 bits per heavy atom. The summed E-state index contributed by atoms with van der Waals surface area (Å²) in [5, 5.41) is 4.40. The van der Waals surface area contributed by atoms with Crippen LogP contribution in [0, 0.1) is 5.92 Å². The van der Waals surface area contributed by atoms with E-state index in [4.69, 9.17) is 21.1 Å². The minimum absolute atomic E-state index is 0.214. The lowest BCUT2D eigenvalue weighted by atomic mass is 9.95. The Bertz CT molecular complexity index is 421. The van der Waals surface area contributed by atoms with Gasteiger partial charge in [0.1, 0.15) is 0 Å². The van der Waals surface area contributed by atoms with Gasteiger partial charge in [-0.25, -0.2) is 0 Å². The van der Waals surface area contributed by atoms with E-state index < -0.39 is 5.79 Å². The number of ether oxygens (including phenoxy) is 2. The lowest BCUT2D eigenvalue weighted by Gasteiger charge is -2.37. The second kappa shape index (κ2) is 6.44. The highest BCUT2D eigenvalue weighted by molar-refractivity contribution is 6.30. The molecular weight excluding hydrogens is 274 g/mol. The molecule has 0 radical (unpaired) electrons. The molecule has 0 aliphatic carbocycles. The van der Waals surface area contributed by atoms with Crippen LogP contribution >= 0.6 is 11.6 Å². The van der Waals surface area contributed by atoms with Crippen LogP contribution in [0.1, 0.15) is 39.3 Å². The Hall–Kier alpha value is -0.610. The molecule has 1 heterocycles. The summed E-state index contributed by atoms with van der Waals surface area (Å²) in [5.74, 6) is 0.0114. The Kier molecular flexibility index (Phi) is 5.08. The second-order valence-electron chi connectivity index (χ2n) is 6.16. The maximum atomic E-state index is 5.96. The highest BCUT2D eigenvalue weighted by atomic mass is 35.5. The fourth-order valence-electron chi connectivity index (χ4n) is 2.39. The molecule has 1 fully saturated rings. The molecule has 4 heteroatoms. The van der Waals surface area contributed by atoms with Crippen molar-refractivity contribution in [2.24, 2.45) is 5.92 Å². The second-order valence-corrected chi connectivity index (χ2v) is 6.60. The number of rotatable bonds is 4. The fourth-order valence-corrected chi connectivity index (χ4v) is 2.51. The molecule has 1 aliphatic rings. The van der Waals surface area contributed by atoms with E-state index in [0.717, 1.165) is 5.02 Å². The molecule has 112 valence electrons. The van der Waals surface area contributed by atoms with E-state index in [1.807, 2.05) is 26.0 Å². The molecule has 2 rings (SSSR count). The molecule has 1 N–H and O–H groups in total. The van der Waals surface area contributed by atoms with Gasteiger partial charge in [0.05, 0.1) is 19.3 Å². The third-order valence-electron chi connectivity index (χ3n) is 3.58. The maximum Gasteiger partial charge on any atom is 0.162 e. The van der Waals surface area contributed by atoms with Crippen LogP contribution < -0.4 is 5.32 Å². The predicted molar refractivity (Wildman–Crippen MR) is 81.9 cm³/mol. The summed E-state index contributed by atoms with van der Waals surface area (Å²) in [6.45, 7) is 9.65. The first kappa shape index (κ1) is 15.8. The van der Waals surface area contributed by atoms with Gasteiger partial charge in [-0.15, -0.1) is 0 Å². The smallest absolute Gasteiger partial charge is 0.162 e. The van der Waals surface area contributed by atoms with Crippen LogP contribution in [0.5, 0.6) is 0 Å². The summed E-state index contributed by atoms with van der Waals surface area (Å²) in [6, 6.07) is 8.51. The zero-order valence-electron chi connectivity index (χ0n) is 12.7. The molecule has 20 heavy (non-hydrogen) atoms. The number of hydrogen-bond acceptors (Lipinski definition) is 3. The Morgan fingerprint density at radius 1 is 1.15 bits per heavy atom. The number of nitrogens with one attached hydrogen (secondary N) is 1. The largest absolute Gasteiger partial charge is 0.349 e. The van der Waals surface area contributed by atoms with E-state index in [2.05, 4.69) is 31.3 Å². The van der Waals surface area contributed by atoms with E-state index in [1.165, 1.54) is 5.56 Å². The van der Waals surface area contributed by atoms with Crippen LogP contribution in [-0.2, 0) is 9.47 Å². The van der Waals surface area contributed by atoms with Crippen molar-refractivity contribution in [1.82, 2.24) is 5.32 Å². The summed E-state index contributed by atoms with van der Waals surface area (Å²) in [7, 11) is 0. The van der Waals surface area contributed by atoms with E-state index in [9.17, 15) is 0 Å². The SMILES string of the molecule is CC(C)C(NC1COC(C)(C)OC1)c1ccc(Cl)cc1. The molecule has 1 aromatic rings. The molecule has 1 aliphatic heterocycles. The number of hydrogen-bond donors (Lipinski definition) is 1. The van der Waals surface area contributed by atoms with Crippen molar-refractivity contribution in [2.45, 2.75) is 45.6 Å². The van der Waals surface area contributed by atoms with Gasteiger partial charge in [0.2, 0.25) is 0 Å². The van der Waals surface area contributed by atoms with E-state index >= 15 is 0 Å². The van der Waals surface area contributed by atoms with Crippen LogP contribution in [0.2, 0.25) is 5.02 Å². The van der Waals surface area contributed by atoms with Crippen molar-refractivity contribution in [2.75, 3.05) is 13.2 Å². The van der Waals surface area contributed by atoms with Gasteiger partial charge < -0.3 is 14.8 Å². The summed E-state index contributed by atoms with van der Waals surface area (Å²) in [5.41, 5.74) is 1.24. The summed E-state index contributed by atoms with van der Waals surface area (Å²) < 4.78 is 11.4. The van der Waals surface area contributed by atoms with Crippen molar-refractivity contribution in [3.8, 4) is 0 Å². The van der Waals surface area contributed by atoms with Gasteiger partial charge in [0, 0.05) is 11.1 Å². The molecule has 1 unspecified atom stereocenters. The van der Waals surface area contributed by atoms with Gasteiger partial charge in [-0.2, -0.15) is 0 Å². The van der Waals surface area contributed by atoms with Gasteiger partial charge >= 0.3 is 0 Å². The van der Waals surface area contributed by atoms with Gasteiger partial charge in [0.25, 0.3) is 0 Å². The molecule has 0 bridgehead atoms. The number of halogens is 1. The minimum Gasteiger partial charge on any atom is -0.349 e. The van der Waals surface area contributed by atoms with Crippen molar-refractivity contribution in [1.29, 1.82) is 0 Å². The van der Waals surface area contributed by atoms with E-state index in [-0.39, 0.29) is 12.1 Å². The highest BCUT2D eigenvalue weighted by Gasteiger charge is 2.30. The van der Waals surface area contributed by atoms with Gasteiger partial charge in [0.15, 0.2) is 5.79 Å². The molecule has 1 aromatic carbocycles. The first-order valence-corrected chi connectivity index (χ1v) is 7.54. The third kappa shape index (κ3) is 4.19. The zero-order chi connectivity index (χ0) is 14.8. The standard InChI is InChI=1S/C16H24ClNO2/c1-11(2)15(12-5-7-13(17)8-6-12)18-14-9-19-16(3,4)20-10-14/h5-8,11,14-15,18H,9-10H2,1-4H3. The van der Waals surface area contributed by atoms with Crippen molar-refractivity contribution < 1.29 is 9.47 Å². The van der Waals surface area contributed by atoms with Crippen molar-refractivity contribution in [3.05, 3.63) is 34.9 Å². The topological polar surface area (TPSA) is 30.5 Å². The van der Waals surface area contributed by atoms with E-state index in [0.29, 0.717) is 19.1 Å². The van der Waals surface area contributed by atoms with Crippen LogP contribution in [0.25, 0.3) is 0 Å². The monoisotopic (exact) mass is 297 g/mol. The summed E-state index contributed by atoms with van der Waals surface area (Å²) in [4.78, 5) is 0. The molecule has 0 aromatic heterocycles. The van der Waals surface area contributed by atoms with Gasteiger partial charge in [-0.3, -0.25) is 0 Å². The Labute approximate surface area is 126 Å².